The number of nitrogens with zero attached hydrogens (tertiary/aromatic N) is 4. The maximum atomic E-state index is 15.2. The minimum Gasteiger partial charge on any atom is -0.484 e. The summed E-state index contributed by atoms with van der Waals surface area (Å²) in [5.41, 5.74) is 2.10. The number of anilines is 2. The fourth-order valence-corrected chi connectivity index (χ4v) is 5.92. The number of benzene rings is 2. The lowest BCUT2D eigenvalue weighted by molar-refractivity contribution is -0.133. The number of piperazine rings is 1. The molecule has 12 heteroatoms. The van der Waals surface area contributed by atoms with Crippen LogP contribution in [-0.2, 0) is 20.8 Å². The Morgan fingerprint density at radius 1 is 1.02 bits per heavy atom. The van der Waals surface area contributed by atoms with E-state index in [0.717, 1.165) is 50.7 Å². The van der Waals surface area contributed by atoms with E-state index < -0.39 is 11.9 Å². The Hall–Kier alpha value is -3.48. The van der Waals surface area contributed by atoms with Crippen molar-refractivity contribution < 1.29 is 28.2 Å². The Morgan fingerprint density at radius 2 is 1.77 bits per heavy atom. The van der Waals surface area contributed by atoms with Gasteiger partial charge in [0.05, 0.1) is 42.7 Å². The molecule has 3 heterocycles. The van der Waals surface area contributed by atoms with E-state index in [-0.39, 0.29) is 18.6 Å². The molecule has 6 rings (SSSR count). The second-order valence-corrected chi connectivity index (χ2v) is 11.9. The number of hydrogen-bond donors (Lipinski definition) is 1. The molecule has 1 N–H and O–H groups in total. The highest BCUT2D eigenvalue weighted by Crippen LogP contribution is 2.31. The quantitative estimate of drug-likeness (QED) is 0.408. The number of thiocarbonyl (C=S) groups is 1. The summed E-state index contributed by atoms with van der Waals surface area (Å²) >= 11 is 5.35. The zero-order valence-corrected chi connectivity index (χ0v) is 25.0. The first-order valence-electron chi connectivity index (χ1n) is 15.0. The van der Waals surface area contributed by atoms with Gasteiger partial charge in [0, 0.05) is 51.7 Å². The molecule has 4 fully saturated rings. The lowest BCUT2D eigenvalue weighted by Crippen LogP contribution is -2.50. The molecule has 1 unspecified atom stereocenters. The van der Waals surface area contributed by atoms with Crippen molar-refractivity contribution in [2.75, 3.05) is 82.0 Å². The van der Waals surface area contributed by atoms with E-state index in [1.165, 1.54) is 16.5 Å². The summed E-state index contributed by atoms with van der Waals surface area (Å²) in [6, 6.07) is 12.7. The predicted octanol–water partition coefficient (Wildman–Crippen LogP) is 3.04. The van der Waals surface area contributed by atoms with Crippen LogP contribution >= 0.6 is 12.2 Å². The van der Waals surface area contributed by atoms with Crippen LogP contribution in [-0.4, -0.2) is 105 Å². The number of morpholine rings is 1. The lowest BCUT2D eigenvalue weighted by atomic mass is 10.2. The molecule has 4 aliphatic rings. The molecule has 10 nitrogen and oxygen atoms in total. The fraction of sp³-hybridized carbons (Fsp3) is 0.516. The van der Waals surface area contributed by atoms with Crippen LogP contribution in [0.15, 0.2) is 42.5 Å². The molecule has 3 saturated heterocycles. The summed E-state index contributed by atoms with van der Waals surface area (Å²) in [7, 11) is 0. The summed E-state index contributed by atoms with van der Waals surface area (Å²) in [5, 5.41) is 3.19. The van der Waals surface area contributed by atoms with E-state index in [1.807, 2.05) is 29.2 Å². The number of rotatable bonds is 10. The molecule has 1 aliphatic carbocycles. The Labute approximate surface area is 256 Å². The molecule has 230 valence electrons. The molecule has 3 aliphatic heterocycles. The van der Waals surface area contributed by atoms with Gasteiger partial charge in [0.2, 0.25) is 0 Å². The van der Waals surface area contributed by atoms with Crippen LogP contribution in [0.3, 0.4) is 0 Å². The predicted molar refractivity (Wildman–Crippen MR) is 164 cm³/mol. The van der Waals surface area contributed by atoms with Crippen molar-refractivity contribution in [2.45, 2.75) is 25.5 Å². The van der Waals surface area contributed by atoms with Crippen LogP contribution in [0.1, 0.15) is 18.4 Å². The van der Waals surface area contributed by atoms with E-state index >= 15 is 4.39 Å². The van der Waals surface area contributed by atoms with Crippen molar-refractivity contribution in [3.63, 3.8) is 0 Å². The smallest absolute Gasteiger partial charge is 0.414 e. The summed E-state index contributed by atoms with van der Waals surface area (Å²) in [6.07, 6.45) is 1.38. The van der Waals surface area contributed by atoms with Gasteiger partial charge in [0.15, 0.2) is 6.61 Å². The average molecular weight is 612 g/mol. The van der Waals surface area contributed by atoms with Crippen LogP contribution in [0.2, 0.25) is 0 Å². The first-order valence-corrected chi connectivity index (χ1v) is 15.4. The highest BCUT2D eigenvalue weighted by Gasteiger charge is 2.34. The second-order valence-electron chi connectivity index (χ2n) is 11.5. The molecular formula is C31H38FN5O5S. The van der Waals surface area contributed by atoms with Gasteiger partial charge >= 0.3 is 6.09 Å². The Balaban J connectivity index is 0.945. The number of ether oxygens (including phenoxy) is 3. The summed E-state index contributed by atoms with van der Waals surface area (Å²) in [5.74, 6) is 0.600. The van der Waals surface area contributed by atoms with Crippen LogP contribution in [0.25, 0.3) is 0 Å². The molecule has 43 heavy (non-hydrogen) atoms. The molecule has 0 spiro atoms. The maximum absolute atomic E-state index is 15.2. The van der Waals surface area contributed by atoms with Gasteiger partial charge in [0.1, 0.15) is 17.7 Å². The number of cyclic esters (lactones) is 1. The average Bonchev–Trinajstić information content (AvgIpc) is 3.82. The van der Waals surface area contributed by atoms with E-state index in [4.69, 9.17) is 26.4 Å². The van der Waals surface area contributed by atoms with Gasteiger partial charge in [-0.25, -0.2) is 9.18 Å². The molecule has 2 aromatic rings. The van der Waals surface area contributed by atoms with E-state index in [2.05, 4.69) is 10.2 Å². The fourth-order valence-electron chi connectivity index (χ4n) is 5.60. The molecule has 0 bridgehead atoms. The number of carbonyl (C=O) groups excluding carboxylic acids is 2. The topological polar surface area (TPSA) is 86.8 Å². The zero-order chi connectivity index (χ0) is 29.8. The van der Waals surface area contributed by atoms with Gasteiger partial charge in [-0.1, -0.05) is 24.4 Å². The van der Waals surface area contributed by atoms with Gasteiger partial charge in [-0.2, -0.15) is 0 Å². The number of halogens is 1. The van der Waals surface area contributed by atoms with Crippen LogP contribution in [0.5, 0.6) is 5.75 Å². The minimum atomic E-state index is -0.491. The highest BCUT2D eigenvalue weighted by molar-refractivity contribution is 7.80. The molecular weight excluding hydrogens is 573 g/mol. The van der Waals surface area contributed by atoms with Crippen molar-refractivity contribution in [3.05, 3.63) is 53.8 Å². The third kappa shape index (κ3) is 7.54. The lowest BCUT2D eigenvalue weighted by Gasteiger charge is -2.36. The molecule has 0 aromatic heterocycles. The number of hydrogen-bond acceptors (Lipinski definition) is 8. The minimum absolute atomic E-state index is 0.0410. The maximum Gasteiger partial charge on any atom is 0.414 e. The van der Waals surface area contributed by atoms with E-state index in [1.54, 1.807) is 17.0 Å². The Morgan fingerprint density at radius 3 is 2.47 bits per heavy atom. The Kier molecular flexibility index (Phi) is 9.25. The third-order valence-electron chi connectivity index (χ3n) is 8.34. The summed E-state index contributed by atoms with van der Waals surface area (Å²) in [6.45, 7) is 6.95. The third-order valence-corrected chi connectivity index (χ3v) is 8.82. The number of nitrogens with one attached hydrogen (secondary N) is 1. The van der Waals surface area contributed by atoms with Crippen molar-refractivity contribution >= 4 is 40.6 Å². The Bertz CT molecular complexity index is 1310. The first kappa shape index (κ1) is 29.6. The molecule has 0 radical (unpaired) electrons. The van der Waals surface area contributed by atoms with Crippen molar-refractivity contribution in [2.24, 2.45) is 5.92 Å². The zero-order valence-electron chi connectivity index (χ0n) is 24.2. The molecule has 2 aromatic carbocycles. The number of amides is 2. The largest absolute Gasteiger partial charge is 0.484 e. The summed E-state index contributed by atoms with van der Waals surface area (Å²) in [4.78, 5) is 33.6. The van der Waals surface area contributed by atoms with E-state index in [0.29, 0.717) is 62.3 Å². The van der Waals surface area contributed by atoms with Crippen LogP contribution < -0.4 is 19.9 Å². The van der Waals surface area contributed by atoms with Crippen LogP contribution in [0.4, 0.5) is 20.6 Å². The number of carbonyl (C=O) groups is 2. The van der Waals surface area contributed by atoms with E-state index in [9.17, 15) is 9.59 Å². The van der Waals surface area contributed by atoms with Crippen molar-refractivity contribution in [3.8, 4) is 5.75 Å². The monoisotopic (exact) mass is 611 g/mol. The first-order chi connectivity index (χ1) is 20.9. The van der Waals surface area contributed by atoms with Gasteiger partial charge in [-0.3, -0.25) is 14.6 Å². The van der Waals surface area contributed by atoms with Gasteiger partial charge in [0.25, 0.3) is 5.91 Å². The second kappa shape index (κ2) is 13.4. The highest BCUT2D eigenvalue weighted by atomic mass is 32.1. The SMILES string of the molecule is O=C(COc1ccc(CN2CCOCC2)cc1)N1CCN(c2ccc(N3CC(CNC(=S)C4CC4)OC3=O)cc2F)CC1. The molecule has 2 amide bonds. The normalized spacial score (nSPS) is 21.1. The van der Waals surface area contributed by atoms with Crippen molar-refractivity contribution in [1.82, 2.24) is 15.1 Å². The standard InChI is InChI=1S/C31H38FN5O5S/c32-27-17-24(37-20-26(42-31(37)39)18-33-30(43)23-3-4-23)5-8-28(27)35-9-11-36(12-10-35)29(38)21-41-25-6-1-22(2-7-25)19-34-13-15-40-16-14-34/h1-2,5-8,17,23,26H,3-4,9-16,18-21H2,(H,33,43). The van der Waals surface area contributed by atoms with Crippen molar-refractivity contribution in [1.29, 1.82) is 0 Å². The summed E-state index contributed by atoms with van der Waals surface area (Å²) < 4.78 is 31.9. The molecule has 1 atom stereocenters. The van der Waals surface area contributed by atoms with Gasteiger partial charge < -0.3 is 29.3 Å². The van der Waals surface area contributed by atoms with Crippen LogP contribution in [0, 0.1) is 11.7 Å². The van der Waals surface area contributed by atoms with Gasteiger partial charge in [-0.05, 0) is 48.7 Å². The van der Waals surface area contributed by atoms with Gasteiger partial charge in [-0.15, -0.1) is 0 Å². The molecule has 1 saturated carbocycles.